The van der Waals surface area contributed by atoms with Crippen molar-refractivity contribution in [1.82, 2.24) is 15.0 Å². The fourth-order valence-electron chi connectivity index (χ4n) is 1.41. The first kappa shape index (κ1) is 14.4. The van der Waals surface area contributed by atoms with Crippen LogP contribution in [-0.2, 0) is 11.3 Å². The van der Waals surface area contributed by atoms with Crippen LogP contribution in [0.1, 0.15) is 43.4 Å². The Morgan fingerprint density at radius 2 is 2.17 bits per heavy atom. The van der Waals surface area contributed by atoms with Crippen molar-refractivity contribution < 1.29 is 9.53 Å². The van der Waals surface area contributed by atoms with Crippen LogP contribution in [0.15, 0.2) is 12.7 Å². The van der Waals surface area contributed by atoms with Crippen LogP contribution in [0.2, 0.25) is 0 Å². The molecule has 0 aromatic carbocycles. The number of aromatic nitrogens is 3. The summed E-state index contributed by atoms with van der Waals surface area (Å²) in [6, 6.07) is 0. The zero-order chi connectivity index (χ0) is 13.8. The van der Waals surface area contributed by atoms with Gasteiger partial charge in [-0.05, 0) is 18.8 Å². The van der Waals surface area contributed by atoms with Gasteiger partial charge in [0.2, 0.25) is 0 Å². The third kappa shape index (κ3) is 3.98. The molecule has 0 unspecified atom stereocenters. The lowest BCUT2D eigenvalue weighted by Gasteiger charge is -2.17. The second-order valence-electron chi connectivity index (χ2n) is 5.44. The molecule has 100 valence electrons. The number of hydrogen-bond acceptors (Lipinski definition) is 4. The predicted octanol–water partition coefficient (Wildman–Crippen LogP) is 2.37. The van der Waals surface area contributed by atoms with E-state index in [1.807, 2.05) is 6.92 Å². The molecule has 0 atom stereocenters. The van der Waals surface area contributed by atoms with Crippen LogP contribution in [0.4, 0.5) is 0 Å². The van der Waals surface area contributed by atoms with Gasteiger partial charge < -0.3 is 4.74 Å². The largest absolute Gasteiger partial charge is 0.457 e. The normalized spacial score (nSPS) is 11.3. The van der Waals surface area contributed by atoms with Crippen molar-refractivity contribution in [3.05, 3.63) is 24.0 Å². The van der Waals surface area contributed by atoms with Gasteiger partial charge in [0.05, 0.1) is 5.69 Å². The molecule has 0 radical (unpaired) electrons. The molecule has 0 saturated carbocycles. The first-order valence-corrected chi connectivity index (χ1v) is 6.03. The minimum absolute atomic E-state index is 0.188. The average molecular weight is 251 g/mol. The highest BCUT2D eigenvalue weighted by atomic mass is 16.5. The molecule has 1 rings (SSSR count). The molecule has 5 nitrogen and oxygen atoms in total. The van der Waals surface area contributed by atoms with Gasteiger partial charge in [0.15, 0.2) is 5.69 Å². The van der Waals surface area contributed by atoms with Gasteiger partial charge >= 0.3 is 5.97 Å². The Kier molecular flexibility index (Phi) is 4.64. The molecule has 0 fully saturated rings. The smallest absolute Gasteiger partial charge is 0.361 e. The van der Waals surface area contributed by atoms with Crippen LogP contribution >= 0.6 is 0 Å². The number of carbonyl (C=O) groups excluding carboxylic acids is 1. The molecule has 1 aromatic rings. The van der Waals surface area contributed by atoms with Gasteiger partial charge in [0, 0.05) is 6.54 Å². The Bertz CT molecular complexity index is 430. The number of rotatable bonds is 5. The molecule has 0 saturated heterocycles. The summed E-state index contributed by atoms with van der Waals surface area (Å²) in [5.74, 6) is -0.450. The van der Waals surface area contributed by atoms with E-state index >= 15 is 0 Å². The molecular weight excluding hydrogens is 230 g/mol. The summed E-state index contributed by atoms with van der Waals surface area (Å²) in [6.45, 7) is 12.7. The maximum atomic E-state index is 11.7. The third-order valence-electron chi connectivity index (χ3n) is 2.58. The van der Waals surface area contributed by atoms with Crippen molar-refractivity contribution in [3.63, 3.8) is 0 Å². The zero-order valence-corrected chi connectivity index (χ0v) is 11.6. The monoisotopic (exact) mass is 251 g/mol. The summed E-state index contributed by atoms with van der Waals surface area (Å²) in [5, 5.41) is 7.86. The van der Waals surface area contributed by atoms with Crippen molar-refractivity contribution in [3.8, 4) is 0 Å². The number of ether oxygens (including phenoxy) is 1. The zero-order valence-electron chi connectivity index (χ0n) is 11.6. The fourth-order valence-corrected chi connectivity index (χ4v) is 1.41. The molecule has 1 aromatic heterocycles. The van der Waals surface area contributed by atoms with E-state index in [0.29, 0.717) is 0 Å². The number of esters is 1. The maximum absolute atomic E-state index is 11.7. The lowest BCUT2D eigenvalue weighted by molar-refractivity contribution is 0.0542. The predicted molar refractivity (Wildman–Crippen MR) is 69.3 cm³/mol. The van der Waals surface area contributed by atoms with Crippen molar-refractivity contribution >= 4 is 5.97 Å². The Morgan fingerprint density at radius 1 is 1.50 bits per heavy atom. The summed E-state index contributed by atoms with van der Waals surface area (Å²) in [4.78, 5) is 11.7. The topological polar surface area (TPSA) is 57.0 Å². The molecule has 18 heavy (non-hydrogen) atoms. The molecule has 0 amide bonds. The summed E-state index contributed by atoms with van der Waals surface area (Å²) in [6.07, 6.45) is 2.50. The minimum atomic E-state index is -0.450. The summed E-state index contributed by atoms with van der Waals surface area (Å²) >= 11 is 0. The summed E-state index contributed by atoms with van der Waals surface area (Å²) < 4.78 is 6.69. The lowest BCUT2D eigenvalue weighted by Crippen LogP contribution is -2.13. The van der Waals surface area contributed by atoms with Gasteiger partial charge in [-0.2, -0.15) is 0 Å². The van der Waals surface area contributed by atoms with Crippen molar-refractivity contribution in [2.45, 2.75) is 40.7 Å². The molecule has 0 aliphatic heterocycles. The quantitative estimate of drug-likeness (QED) is 0.595. The summed E-state index contributed by atoms with van der Waals surface area (Å²) in [5.41, 5.74) is 1.25. The number of nitrogens with zero attached hydrogens (tertiary/aromatic N) is 3. The van der Waals surface area contributed by atoms with E-state index in [4.69, 9.17) is 4.74 Å². The fraction of sp³-hybridized carbons (Fsp3) is 0.615. The van der Waals surface area contributed by atoms with Crippen LogP contribution in [0.25, 0.3) is 0 Å². The van der Waals surface area contributed by atoms with Crippen LogP contribution in [-0.4, -0.2) is 27.6 Å². The van der Waals surface area contributed by atoms with Gasteiger partial charge in [-0.15, -0.1) is 5.10 Å². The number of aryl methyl sites for hydroxylation is 1. The van der Waals surface area contributed by atoms with Gasteiger partial charge in [0.1, 0.15) is 6.61 Å². The van der Waals surface area contributed by atoms with E-state index in [1.165, 1.54) is 6.08 Å². The summed E-state index contributed by atoms with van der Waals surface area (Å²) in [7, 11) is 0. The van der Waals surface area contributed by atoms with Crippen LogP contribution in [0.5, 0.6) is 0 Å². The van der Waals surface area contributed by atoms with Crippen LogP contribution in [0.3, 0.4) is 0 Å². The van der Waals surface area contributed by atoms with E-state index in [-0.39, 0.29) is 17.7 Å². The standard InChI is InChI=1S/C13H21N3O2/c1-6-9-18-12(17)11-10(2)16(15-14-11)8-7-13(3,4)5/h6H,1,7-9H2,2-5H3. The van der Waals surface area contributed by atoms with E-state index in [9.17, 15) is 4.79 Å². The van der Waals surface area contributed by atoms with Crippen molar-refractivity contribution in [1.29, 1.82) is 0 Å². The molecule has 0 spiro atoms. The Hall–Kier alpha value is -1.65. The van der Waals surface area contributed by atoms with Gasteiger partial charge in [-0.1, -0.05) is 38.6 Å². The van der Waals surface area contributed by atoms with E-state index in [0.717, 1.165) is 18.7 Å². The van der Waals surface area contributed by atoms with Crippen molar-refractivity contribution in [2.75, 3.05) is 6.61 Å². The van der Waals surface area contributed by atoms with Gasteiger partial charge in [0.25, 0.3) is 0 Å². The lowest BCUT2D eigenvalue weighted by atomic mass is 9.92. The van der Waals surface area contributed by atoms with Crippen molar-refractivity contribution in [2.24, 2.45) is 5.41 Å². The number of hydrogen-bond donors (Lipinski definition) is 0. The van der Waals surface area contributed by atoms with Crippen LogP contribution in [0, 0.1) is 12.3 Å². The highest BCUT2D eigenvalue weighted by molar-refractivity contribution is 5.88. The molecule has 0 aliphatic carbocycles. The molecule has 0 N–H and O–H groups in total. The Morgan fingerprint density at radius 3 is 2.72 bits per heavy atom. The first-order chi connectivity index (χ1) is 8.35. The second kappa shape index (κ2) is 5.80. The Labute approximate surface area is 108 Å². The number of carbonyl (C=O) groups is 1. The third-order valence-corrected chi connectivity index (χ3v) is 2.58. The van der Waals surface area contributed by atoms with E-state index in [1.54, 1.807) is 4.68 Å². The molecule has 1 heterocycles. The van der Waals surface area contributed by atoms with Gasteiger partial charge in [-0.3, -0.25) is 0 Å². The van der Waals surface area contributed by atoms with Crippen LogP contribution < -0.4 is 0 Å². The highest BCUT2D eigenvalue weighted by Crippen LogP contribution is 2.19. The second-order valence-corrected chi connectivity index (χ2v) is 5.44. The average Bonchev–Trinajstić information content (AvgIpc) is 2.64. The Balaban J connectivity index is 2.71. The first-order valence-electron chi connectivity index (χ1n) is 6.03. The van der Waals surface area contributed by atoms with E-state index < -0.39 is 5.97 Å². The SMILES string of the molecule is C=CCOC(=O)c1nnn(CCC(C)(C)C)c1C. The molecule has 0 bridgehead atoms. The van der Waals surface area contributed by atoms with Gasteiger partial charge in [-0.25, -0.2) is 9.48 Å². The highest BCUT2D eigenvalue weighted by Gasteiger charge is 2.18. The maximum Gasteiger partial charge on any atom is 0.361 e. The molecule has 5 heteroatoms. The molecular formula is C13H21N3O2. The van der Waals surface area contributed by atoms with E-state index in [2.05, 4.69) is 37.7 Å². The molecule has 0 aliphatic rings. The minimum Gasteiger partial charge on any atom is -0.457 e.